The predicted molar refractivity (Wildman–Crippen MR) is 41.1 cm³/mol. The van der Waals surface area contributed by atoms with Gasteiger partial charge in [0.05, 0.1) is 6.10 Å². The molecule has 5 nitrogen and oxygen atoms in total. The van der Waals surface area contributed by atoms with E-state index in [0.29, 0.717) is 6.42 Å². The van der Waals surface area contributed by atoms with Crippen LogP contribution in [-0.2, 0) is 14.6 Å². The monoisotopic (exact) mass is 185 g/mol. The van der Waals surface area contributed by atoms with Crippen molar-refractivity contribution in [1.82, 2.24) is 6.15 Å². The predicted octanol–water partition coefficient (Wildman–Crippen LogP) is 1.03. The number of hydrogen-bond donors (Lipinski definition) is 1. The molecule has 70 valence electrons. The van der Waals surface area contributed by atoms with Gasteiger partial charge >= 0.3 is 0 Å². The minimum atomic E-state index is -4.50. The van der Waals surface area contributed by atoms with Crippen molar-refractivity contribution in [3.8, 4) is 0 Å². The van der Waals surface area contributed by atoms with E-state index in [1.54, 1.807) is 6.92 Å². The summed E-state index contributed by atoms with van der Waals surface area (Å²) in [6.45, 7) is 3.44. The van der Waals surface area contributed by atoms with E-state index in [4.69, 9.17) is 0 Å². The Morgan fingerprint density at radius 1 is 1.55 bits per heavy atom. The van der Waals surface area contributed by atoms with E-state index in [2.05, 4.69) is 4.18 Å². The molecule has 0 saturated carbocycles. The maximum absolute atomic E-state index is 9.94. The van der Waals surface area contributed by atoms with Crippen LogP contribution in [-0.4, -0.2) is 19.1 Å². The molecule has 0 spiro atoms. The zero-order chi connectivity index (χ0) is 8.20. The van der Waals surface area contributed by atoms with Gasteiger partial charge in [-0.25, -0.2) is 8.42 Å². The molecule has 0 aliphatic heterocycles. The van der Waals surface area contributed by atoms with Crippen LogP contribution in [0.5, 0.6) is 0 Å². The Labute approximate surface area is 67.3 Å². The van der Waals surface area contributed by atoms with Crippen LogP contribution < -0.4 is 6.15 Å². The molecule has 6 heteroatoms. The minimum Gasteiger partial charge on any atom is -0.726 e. The molecular formula is C5H15NO4S. The molecule has 0 bridgehead atoms. The Kier molecular flexibility index (Phi) is 6.68. The second kappa shape index (κ2) is 5.48. The van der Waals surface area contributed by atoms with Crippen molar-refractivity contribution in [2.24, 2.45) is 0 Å². The highest BCUT2D eigenvalue weighted by molar-refractivity contribution is 7.80. The van der Waals surface area contributed by atoms with Gasteiger partial charge in [0, 0.05) is 0 Å². The molecule has 0 radical (unpaired) electrons. The second-order valence-corrected chi connectivity index (χ2v) is 3.11. The van der Waals surface area contributed by atoms with Gasteiger partial charge in [0.25, 0.3) is 0 Å². The highest BCUT2D eigenvalue weighted by Crippen LogP contribution is 2.03. The summed E-state index contributed by atoms with van der Waals surface area (Å²) in [7, 11) is -4.50. The molecule has 0 rings (SSSR count). The SMILES string of the molecule is CCCC(C)OS(=O)(=O)[O-].[NH4+]. The van der Waals surface area contributed by atoms with Gasteiger partial charge in [0.2, 0.25) is 10.4 Å². The van der Waals surface area contributed by atoms with Gasteiger partial charge in [-0.15, -0.1) is 0 Å². The van der Waals surface area contributed by atoms with Crippen molar-refractivity contribution in [2.75, 3.05) is 0 Å². The fourth-order valence-corrected chi connectivity index (χ4v) is 1.15. The summed E-state index contributed by atoms with van der Waals surface area (Å²) in [5.41, 5.74) is 0. The number of rotatable bonds is 4. The van der Waals surface area contributed by atoms with E-state index in [1.165, 1.54) is 0 Å². The standard InChI is InChI=1S/C5H12O4S.H3N/c1-3-4-5(2)9-10(6,7)8;/h5H,3-4H2,1-2H3,(H,6,7,8);1H3. The van der Waals surface area contributed by atoms with Crippen LogP contribution in [0.3, 0.4) is 0 Å². The first-order valence-electron chi connectivity index (χ1n) is 3.10. The van der Waals surface area contributed by atoms with Gasteiger partial charge in [-0.1, -0.05) is 13.3 Å². The molecule has 0 aromatic carbocycles. The number of quaternary nitrogens is 1. The first-order chi connectivity index (χ1) is 4.45. The maximum Gasteiger partial charge on any atom is 0.217 e. The van der Waals surface area contributed by atoms with Crippen LogP contribution in [0.25, 0.3) is 0 Å². The van der Waals surface area contributed by atoms with Crippen LogP contribution in [0, 0.1) is 0 Å². The lowest BCUT2D eigenvalue weighted by molar-refractivity contribution is 0.184. The van der Waals surface area contributed by atoms with Crippen LogP contribution in [0.2, 0.25) is 0 Å². The Morgan fingerprint density at radius 3 is 2.27 bits per heavy atom. The van der Waals surface area contributed by atoms with Gasteiger partial charge in [0.1, 0.15) is 0 Å². The van der Waals surface area contributed by atoms with Gasteiger partial charge in [-0.05, 0) is 13.3 Å². The molecule has 1 unspecified atom stereocenters. The van der Waals surface area contributed by atoms with Crippen LogP contribution in [0.1, 0.15) is 26.7 Å². The average molecular weight is 185 g/mol. The fraction of sp³-hybridized carbons (Fsp3) is 1.00. The van der Waals surface area contributed by atoms with Gasteiger partial charge in [-0.3, -0.25) is 4.18 Å². The second-order valence-electron chi connectivity index (χ2n) is 2.10. The van der Waals surface area contributed by atoms with Gasteiger partial charge in [0.15, 0.2) is 0 Å². The maximum atomic E-state index is 9.94. The molecule has 0 heterocycles. The first kappa shape index (κ1) is 13.4. The minimum absolute atomic E-state index is 0. The quantitative estimate of drug-likeness (QED) is 0.521. The average Bonchev–Trinajstić information content (AvgIpc) is 1.59. The van der Waals surface area contributed by atoms with Crippen molar-refractivity contribution in [2.45, 2.75) is 32.8 Å². The summed E-state index contributed by atoms with van der Waals surface area (Å²) in [6, 6.07) is 0. The molecule has 0 aliphatic rings. The summed E-state index contributed by atoms with van der Waals surface area (Å²) in [4.78, 5) is 0. The summed E-state index contributed by atoms with van der Waals surface area (Å²) in [5, 5.41) is 0. The Balaban J connectivity index is 0. The third kappa shape index (κ3) is 9.83. The molecule has 1 atom stereocenters. The molecule has 0 aromatic heterocycles. The van der Waals surface area contributed by atoms with E-state index in [0.717, 1.165) is 6.42 Å². The van der Waals surface area contributed by atoms with Gasteiger partial charge in [-0.2, -0.15) is 0 Å². The molecule has 0 saturated heterocycles. The van der Waals surface area contributed by atoms with E-state index in [1.807, 2.05) is 6.92 Å². The Hall–Kier alpha value is -0.170. The largest absolute Gasteiger partial charge is 0.726 e. The zero-order valence-electron chi connectivity index (χ0n) is 7.03. The van der Waals surface area contributed by atoms with Crippen LogP contribution in [0.4, 0.5) is 0 Å². The Morgan fingerprint density at radius 2 is 2.00 bits per heavy atom. The number of hydrogen-bond acceptors (Lipinski definition) is 4. The van der Waals surface area contributed by atoms with Crippen LogP contribution >= 0.6 is 0 Å². The topological polar surface area (TPSA) is 103 Å². The van der Waals surface area contributed by atoms with E-state index >= 15 is 0 Å². The van der Waals surface area contributed by atoms with Crippen molar-refractivity contribution < 1.29 is 17.2 Å². The Bertz CT molecular complexity index is 177. The first-order valence-corrected chi connectivity index (χ1v) is 4.43. The van der Waals surface area contributed by atoms with E-state index in [-0.39, 0.29) is 6.15 Å². The molecule has 4 N–H and O–H groups in total. The lowest BCUT2D eigenvalue weighted by atomic mass is 10.2. The molecule has 11 heavy (non-hydrogen) atoms. The van der Waals surface area contributed by atoms with Crippen molar-refractivity contribution in [3.05, 3.63) is 0 Å². The van der Waals surface area contributed by atoms with E-state index in [9.17, 15) is 13.0 Å². The molecule has 0 fully saturated rings. The highest BCUT2D eigenvalue weighted by Gasteiger charge is 2.03. The molecule has 0 aromatic rings. The summed E-state index contributed by atoms with van der Waals surface area (Å²) < 4.78 is 33.9. The summed E-state index contributed by atoms with van der Waals surface area (Å²) in [5.74, 6) is 0. The van der Waals surface area contributed by atoms with Crippen molar-refractivity contribution in [3.63, 3.8) is 0 Å². The van der Waals surface area contributed by atoms with Crippen molar-refractivity contribution in [1.29, 1.82) is 0 Å². The molecule has 0 aliphatic carbocycles. The summed E-state index contributed by atoms with van der Waals surface area (Å²) >= 11 is 0. The van der Waals surface area contributed by atoms with Gasteiger partial charge < -0.3 is 10.7 Å². The molecule has 0 amide bonds. The third-order valence-electron chi connectivity index (χ3n) is 0.977. The highest BCUT2D eigenvalue weighted by atomic mass is 32.3. The normalized spacial score (nSPS) is 13.7. The smallest absolute Gasteiger partial charge is 0.217 e. The lowest BCUT2D eigenvalue weighted by Gasteiger charge is -2.13. The summed E-state index contributed by atoms with van der Waals surface area (Å²) in [6.07, 6.45) is 0.894. The fourth-order valence-electron chi connectivity index (χ4n) is 0.656. The van der Waals surface area contributed by atoms with E-state index < -0.39 is 16.5 Å². The third-order valence-corrected chi connectivity index (χ3v) is 1.54. The van der Waals surface area contributed by atoms with Crippen molar-refractivity contribution >= 4 is 10.4 Å². The molecular weight excluding hydrogens is 170 g/mol. The van der Waals surface area contributed by atoms with Crippen LogP contribution in [0.15, 0.2) is 0 Å². The lowest BCUT2D eigenvalue weighted by Crippen LogP contribution is -2.13. The zero-order valence-corrected chi connectivity index (χ0v) is 7.85.